The Balaban J connectivity index is 1.55. The zero-order valence-electron chi connectivity index (χ0n) is 14.8. The van der Waals surface area contributed by atoms with Gasteiger partial charge in [-0.05, 0) is 35.9 Å². The summed E-state index contributed by atoms with van der Waals surface area (Å²) in [6, 6.07) is 14.4. The second-order valence-corrected chi connectivity index (χ2v) is 6.84. The van der Waals surface area contributed by atoms with E-state index >= 15 is 0 Å². The largest absolute Gasteiger partial charge is 0.482 e. The number of carboxylic acids is 1. The molecular formula is C20H21ClN2O4. The van der Waals surface area contributed by atoms with E-state index in [9.17, 15) is 9.59 Å². The quantitative estimate of drug-likeness (QED) is 0.824. The summed E-state index contributed by atoms with van der Waals surface area (Å²) >= 11 is 6.03. The van der Waals surface area contributed by atoms with E-state index in [4.69, 9.17) is 21.4 Å². The first-order valence-corrected chi connectivity index (χ1v) is 9.10. The van der Waals surface area contributed by atoms with Crippen LogP contribution in [0.2, 0.25) is 5.02 Å². The van der Waals surface area contributed by atoms with E-state index in [1.807, 2.05) is 29.2 Å². The predicted molar refractivity (Wildman–Crippen MR) is 102 cm³/mol. The molecule has 1 aliphatic rings. The summed E-state index contributed by atoms with van der Waals surface area (Å²) < 4.78 is 5.15. The van der Waals surface area contributed by atoms with Crippen molar-refractivity contribution < 1.29 is 19.4 Å². The topological polar surface area (TPSA) is 70.1 Å². The fraction of sp³-hybridized carbons (Fsp3) is 0.300. The SMILES string of the molecule is O=C(O)COc1cccc(C(=O)N2CCN(Cc3cccc(Cl)c3)CC2)c1. The maximum Gasteiger partial charge on any atom is 0.341 e. The van der Waals surface area contributed by atoms with Crippen LogP contribution in [0.15, 0.2) is 48.5 Å². The molecule has 0 bridgehead atoms. The molecule has 0 radical (unpaired) electrons. The zero-order valence-corrected chi connectivity index (χ0v) is 15.6. The molecule has 142 valence electrons. The lowest BCUT2D eigenvalue weighted by molar-refractivity contribution is -0.139. The molecule has 1 heterocycles. The van der Waals surface area contributed by atoms with Crippen LogP contribution in [-0.2, 0) is 11.3 Å². The van der Waals surface area contributed by atoms with Gasteiger partial charge in [-0.25, -0.2) is 4.79 Å². The molecule has 2 aromatic rings. The number of aliphatic carboxylic acids is 1. The molecule has 0 aromatic heterocycles. The Labute approximate surface area is 162 Å². The van der Waals surface area contributed by atoms with Gasteiger partial charge in [-0.3, -0.25) is 9.69 Å². The van der Waals surface area contributed by atoms with E-state index in [-0.39, 0.29) is 5.91 Å². The van der Waals surface area contributed by atoms with Crippen molar-refractivity contribution in [2.45, 2.75) is 6.54 Å². The molecule has 0 spiro atoms. The van der Waals surface area contributed by atoms with Crippen LogP contribution in [0, 0.1) is 0 Å². The van der Waals surface area contributed by atoms with Crippen LogP contribution in [0.25, 0.3) is 0 Å². The summed E-state index contributed by atoms with van der Waals surface area (Å²) in [5.74, 6) is -0.747. The van der Waals surface area contributed by atoms with Crippen LogP contribution >= 0.6 is 11.6 Å². The van der Waals surface area contributed by atoms with Crippen molar-refractivity contribution in [1.29, 1.82) is 0 Å². The number of amides is 1. The van der Waals surface area contributed by atoms with Crippen molar-refractivity contribution in [3.05, 3.63) is 64.7 Å². The number of ether oxygens (including phenoxy) is 1. The van der Waals surface area contributed by atoms with E-state index in [2.05, 4.69) is 4.90 Å². The molecule has 6 nitrogen and oxygen atoms in total. The molecule has 1 fully saturated rings. The van der Waals surface area contributed by atoms with Crippen molar-refractivity contribution in [3.8, 4) is 5.75 Å². The summed E-state index contributed by atoms with van der Waals surface area (Å²) in [7, 11) is 0. The monoisotopic (exact) mass is 388 g/mol. The first-order chi connectivity index (χ1) is 13.0. The maximum atomic E-state index is 12.7. The molecule has 1 amide bonds. The third-order valence-corrected chi connectivity index (χ3v) is 4.63. The Bertz CT molecular complexity index is 819. The van der Waals surface area contributed by atoms with Gasteiger partial charge in [0.1, 0.15) is 5.75 Å². The zero-order chi connectivity index (χ0) is 19.2. The van der Waals surface area contributed by atoms with Gasteiger partial charge in [-0.15, -0.1) is 0 Å². The van der Waals surface area contributed by atoms with Crippen LogP contribution in [-0.4, -0.2) is 59.6 Å². The normalized spacial score (nSPS) is 14.8. The number of nitrogens with zero attached hydrogens (tertiary/aromatic N) is 2. The van der Waals surface area contributed by atoms with Crippen molar-refractivity contribution in [2.75, 3.05) is 32.8 Å². The van der Waals surface area contributed by atoms with Gasteiger partial charge in [0.2, 0.25) is 0 Å². The van der Waals surface area contributed by atoms with E-state index in [1.165, 1.54) is 0 Å². The summed E-state index contributed by atoms with van der Waals surface area (Å²) in [6.45, 7) is 3.22. The molecule has 0 aliphatic carbocycles. The summed E-state index contributed by atoms with van der Waals surface area (Å²) in [5.41, 5.74) is 1.66. The van der Waals surface area contributed by atoms with Gasteiger partial charge < -0.3 is 14.7 Å². The molecule has 0 unspecified atom stereocenters. The molecule has 3 rings (SSSR count). The number of rotatable bonds is 6. The highest BCUT2D eigenvalue weighted by Crippen LogP contribution is 2.17. The standard InChI is InChI=1S/C20H21ClN2O4/c21-17-5-1-3-15(11-17)13-22-7-9-23(10-8-22)20(26)16-4-2-6-18(12-16)27-14-19(24)25/h1-6,11-12H,7-10,13-14H2,(H,24,25). The summed E-state index contributed by atoms with van der Waals surface area (Å²) in [5, 5.41) is 9.42. The number of hydrogen-bond donors (Lipinski definition) is 1. The molecule has 1 aliphatic heterocycles. The maximum absolute atomic E-state index is 12.7. The number of carbonyl (C=O) groups is 2. The first kappa shape index (κ1) is 19.2. The smallest absolute Gasteiger partial charge is 0.341 e. The summed E-state index contributed by atoms with van der Waals surface area (Å²) in [6.07, 6.45) is 0. The van der Waals surface area contributed by atoms with Crippen LogP contribution in [0.5, 0.6) is 5.75 Å². The van der Waals surface area contributed by atoms with E-state index < -0.39 is 12.6 Å². The molecule has 0 saturated carbocycles. The fourth-order valence-electron chi connectivity index (χ4n) is 3.05. The molecule has 0 atom stereocenters. The molecule has 1 N–H and O–H groups in total. The van der Waals surface area contributed by atoms with Gasteiger partial charge in [-0.2, -0.15) is 0 Å². The van der Waals surface area contributed by atoms with Crippen molar-refractivity contribution in [2.24, 2.45) is 0 Å². The van der Waals surface area contributed by atoms with Gasteiger partial charge in [0.25, 0.3) is 5.91 Å². The highest BCUT2D eigenvalue weighted by molar-refractivity contribution is 6.30. The lowest BCUT2D eigenvalue weighted by atomic mass is 10.1. The number of carbonyl (C=O) groups excluding carboxylic acids is 1. The average molecular weight is 389 g/mol. The molecule has 2 aromatic carbocycles. The summed E-state index contributed by atoms with van der Waals surface area (Å²) in [4.78, 5) is 27.4. The lowest BCUT2D eigenvalue weighted by Gasteiger charge is -2.34. The van der Waals surface area contributed by atoms with Crippen LogP contribution in [0.3, 0.4) is 0 Å². The van der Waals surface area contributed by atoms with Gasteiger partial charge in [-0.1, -0.05) is 29.8 Å². The van der Waals surface area contributed by atoms with Crippen LogP contribution in [0.4, 0.5) is 0 Å². The molecular weight excluding hydrogens is 368 g/mol. The average Bonchev–Trinajstić information content (AvgIpc) is 2.67. The van der Waals surface area contributed by atoms with Crippen molar-refractivity contribution >= 4 is 23.5 Å². The fourth-order valence-corrected chi connectivity index (χ4v) is 3.26. The Hall–Kier alpha value is -2.57. The van der Waals surface area contributed by atoms with E-state index in [0.29, 0.717) is 24.4 Å². The van der Waals surface area contributed by atoms with Crippen LogP contribution < -0.4 is 4.74 Å². The lowest BCUT2D eigenvalue weighted by Crippen LogP contribution is -2.48. The number of hydrogen-bond acceptors (Lipinski definition) is 4. The third kappa shape index (κ3) is 5.45. The first-order valence-electron chi connectivity index (χ1n) is 8.72. The van der Waals surface area contributed by atoms with E-state index in [0.717, 1.165) is 30.2 Å². The second-order valence-electron chi connectivity index (χ2n) is 6.41. The number of piperazine rings is 1. The minimum Gasteiger partial charge on any atom is -0.482 e. The number of benzene rings is 2. The van der Waals surface area contributed by atoms with Crippen molar-refractivity contribution in [3.63, 3.8) is 0 Å². The molecule has 27 heavy (non-hydrogen) atoms. The Morgan fingerprint density at radius 3 is 2.48 bits per heavy atom. The Morgan fingerprint density at radius 2 is 1.78 bits per heavy atom. The third-order valence-electron chi connectivity index (χ3n) is 4.40. The highest BCUT2D eigenvalue weighted by atomic mass is 35.5. The molecule has 1 saturated heterocycles. The minimum atomic E-state index is -1.05. The van der Waals surface area contributed by atoms with Crippen LogP contribution in [0.1, 0.15) is 15.9 Å². The second kappa shape index (κ2) is 8.88. The van der Waals surface area contributed by atoms with Gasteiger partial charge in [0, 0.05) is 43.3 Å². The Kier molecular flexibility index (Phi) is 6.32. The van der Waals surface area contributed by atoms with Gasteiger partial charge in [0.15, 0.2) is 6.61 Å². The number of carboxylic acid groups (broad SMARTS) is 1. The molecule has 7 heteroatoms. The van der Waals surface area contributed by atoms with Gasteiger partial charge >= 0.3 is 5.97 Å². The number of halogens is 1. The Morgan fingerprint density at radius 1 is 1.04 bits per heavy atom. The minimum absolute atomic E-state index is 0.0711. The van der Waals surface area contributed by atoms with E-state index in [1.54, 1.807) is 24.3 Å². The van der Waals surface area contributed by atoms with Gasteiger partial charge in [0.05, 0.1) is 0 Å². The predicted octanol–water partition coefficient (Wildman–Crippen LogP) is 2.76. The highest BCUT2D eigenvalue weighted by Gasteiger charge is 2.22. The van der Waals surface area contributed by atoms with Crippen molar-refractivity contribution in [1.82, 2.24) is 9.80 Å².